The second kappa shape index (κ2) is 13.3. The molecule has 0 aromatic rings. The summed E-state index contributed by atoms with van der Waals surface area (Å²) in [5, 5.41) is 2.79. The highest BCUT2D eigenvalue weighted by molar-refractivity contribution is 5.66. The molecule has 0 radical (unpaired) electrons. The van der Waals surface area contributed by atoms with Crippen molar-refractivity contribution < 1.29 is 9.53 Å². The van der Waals surface area contributed by atoms with E-state index >= 15 is 0 Å². The van der Waals surface area contributed by atoms with Gasteiger partial charge in [-0.2, -0.15) is 0 Å². The SMILES string of the molecule is CCCCCCCNC(=O)OCCCCCC. The van der Waals surface area contributed by atoms with E-state index in [0.29, 0.717) is 6.61 Å². The molecule has 0 aliphatic carbocycles. The molecule has 0 saturated heterocycles. The first-order chi connectivity index (χ1) is 8.31. The topological polar surface area (TPSA) is 38.3 Å². The van der Waals surface area contributed by atoms with Crippen LogP contribution in [0, 0.1) is 0 Å². The van der Waals surface area contributed by atoms with Gasteiger partial charge < -0.3 is 10.1 Å². The van der Waals surface area contributed by atoms with E-state index < -0.39 is 0 Å². The quantitative estimate of drug-likeness (QED) is 0.550. The standard InChI is InChI=1S/C14H29NO2/c1-3-5-7-9-10-12-15-14(16)17-13-11-8-6-4-2/h3-13H2,1-2H3,(H,15,16). The van der Waals surface area contributed by atoms with Crippen LogP contribution in [0.25, 0.3) is 0 Å². The summed E-state index contributed by atoms with van der Waals surface area (Å²) >= 11 is 0. The largest absolute Gasteiger partial charge is 0.450 e. The van der Waals surface area contributed by atoms with E-state index in [-0.39, 0.29) is 6.09 Å². The number of hydrogen-bond donors (Lipinski definition) is 1. The van der Waals surface area contributed by atoms with E-state index in [2.05, 4.69) is 19.2 Å². The lowest BCUT2D eigenvalue weighted by molar-refractivity contribution is 0.143. The molecule has 1 N–H and O–H groups in total. The zero-order chi connectivity index (χ0) is 12.8. The van der Waals surface area contributed by atoms with Crippen LogP contribution in [-0.2, 0) is 4.74 Å². The molecule has 0 unspecified atom stereocenters. The lowest BCUT2D eigenvalue weighted by Crippen LogP contribution is -2.25. The average molecular weight is 243 g/mol. The van der Waals surface area contributed by atoms with Crippen LogP contribution in [0.5, 0.6) is 0 Å². The maximum atomic E-state index is 11.2. The van der Waals surface area contributed by atoms with E-state index in [1.165, 1.54) is 38.5 Å². The van der Waals surface area contributed by atoms with Crippen LogP contribution in [0.4, 0.5) is 4.79 Å². The van der Waals surface area contributed by atoms with Crippen molar-refractivity contribution in [2.45, 2.75) is 71.6 Å². The minimum Gasteiger partial charge on any atom is -0.450 e. The van der Waals surface area contributed by atoms with Gasteiger partial charge in [0.2, 0.25) is 0 Å². The summed E-state index contributed by atoms with van der Waals surface area (Å²) in [4.78, 5) is 11.2. The Morgan fingerprint density at radius 1 is 0.882 bits per heavy atom. The van der Waals surface area contributed by atoms with Crippen molar-refractivity contribution in [1.29, 1.82) is 0 Å². The Labute approximate surface area is 106 Å². The summed E-state index contributed by atoms with van der Waals surface area (Å²) in [5.74, 6) is 0. The molecule has 0 aliphatic rings. The molecular formula is C14H29NO2. The van der Waals surface area contributed by atoms with E-state index in [1.54, 1.807) is 0 Å². The third-order valence-electron chi connectivity index (χ3n) is 2.78. The first-order valence-electron chi connectivity index (χ1n) is 7.21. The van der Waals surface area contributed by atoms with Crippen LogP contribution in [0.1, 0.15) is 71.6 Å². The van der Waals surface area contributed by atoms with Crippen molar-refractivity contribution in [3.8, 4) is 0 Å². The van der Waals surface area contributed by atoms with E-state index in [1.807, 2.05) is 0 Å². The highest BCUT2D eigenvalue weighted by Crippen LogP contribution is 2.01. The zero-order valence-corrected chi connectivity index (χ0v) is 11.6. The number of alkyl carbamates (subject to hydrolysis) is 1. The Balaban J connectivity index is 3.12. The summed E-state index contributed by atoms with van der Waals surface area (Å²) < 4.78 is 5.07. The smallest absolute Gasteiger partial charge is 0.407 e. The van der Waals surface area contributed by atoms with Gasteiger partial charge in [-0.25, -0.2) is 4.79 Å². The number of amides is 1. The lowest BCUT2D eigenvalue weighted by Gasteiger charge is -2.06. The van der Waals surface area contributed by atoms with Gasteiger partial charge in [-0.3, -0.25) is 0 Å². The molecule has 17 heavy (non-hydrogen) atoms. The Kier molecular flexibility index (Phi) is 12.8. The van der Waals surface area contributed by atoms with Gasteiger partial charge in [-0.15, -0.1) is 0 Å². The summed E-state index contributed by atoms with van der Waals surface area (Å²) in [6.07, 6.45) is 10.4. The van der Waals surface area contributed by atoms with Crippen molar-refractivity contribution in [3.05, 3.63) is 0 Å². The van der Waals surface area contributed by atoms with Gasteiger partial charge in [0.1, 0.15) is 0 Å². The highest BCUT2D eigenvalue weighted by atomic mass is 16.5. The molecule has 3 nitrogen and oxygen atoms in total. The fraction of sp³-hybridized carbons (Fsp3) is 0.929. The van der Waals surface area contributed by atoms with Gasteiger partial charge in [-0.1, -0.05) is 58.8 Å². The van der Waals surface area contributed by atoms with Crippen molar-refractivity contribution in [2.75, 3.05) is 13.2 Å². The molecule has 0 atom stereocenters. The van der Waals surface area contributed by atoms with Gasteiger partial charge in [0.05, 0.1) is 6.61 Å². The fourth-order valence-electron chi connectivity index (χ4n) is 1.66. The monoisotopic (exact) mass is 243 g/mol. The van der Waals surface area contributed by atoms with Crippen LogP contribution >= 0.6 is 0 Å². The van der Waals surface area contributed by atoms with Crippen molar-refractivity contribution in [2.24, 2.45) is 0 Å². The molecule has 0 bridgehead atoms. The molecule has 0 rings (SSSR count). The maximum absolute atomic E-state index is 11.2. The number of ether oxygens (including phenoxy) is 1. The van der Waals surface area contributed by atoms with Crippen molar-refractivity contribution in [3.63, 3.8) is 0 Å². The molecule has 0 aromatic carbocycles. The highest BCUT2D eigenvalue weighted by Gasteiger charge is 1.99. The Hall–Kier alpha value is -0.730. The average Bonchev–Trinajstić information content (AvgIpc) is 2.33. The Morgan fingerprint density at radius 2 is 1.47 bits per heavy atom. The van der Waals surface area contributed by atoms with Crippen molar-refractivity contribution in [1.82, 2.24) is 5.32 Å². The van der Waals surface area contributed by atoms with Gasteiger partial charge in [0, 0.05) is 6.54 Å². The molecule has 3 heteroatoms. The summed E-state index contributed by atoms with van der Waals surface area (Å²) in [5.41, 5.74) is 0. The van der Waals surface area contributed by atoms with Crippen LogP contribution in [-0.4, -0.2) is 19.2 Å². The molecule has 0 heterocycles. The van der Waals surface area contributed by atoms with Gasteiger partial charge >= 0.3 is 6.09 Å². The maximum Gasteiger partial charge on any atom is 0.407 e. The number of carbonyl (C=O) groups excluding carboxylic acids is 1. The predicted octanol–water partition coefficient (Wildman–Crippen LogP) is 4.26. The second-order valence-corrected chi connectivity index (χ2v) is 4.54. The van der Waals surface area contributed by atoms with Gasteiger partial charge in [0.15, 0.2) is 0 Å². The molecule has 0 aliphatic heterocycles. The molecular weight excluding hydrogens is 214 g/mol. The van der Waals surface area contributed by atoms with Crippen LogP contribution in [0.15, 0.2) is 0 Å². The number of unbranched alkanes of at least 4 members (excludes halogenated alkanes) is 7. The number of carbonyl (C=O) groups is 1. The first-order valence-corrected chi connectivity index (χ1v) is 7.21. The molecule has 0 aromatic heterocycles. The van der Waals surface area contributed by atoms with E-state index in [0.717, 1.165) is 25.8 Å². The lowest BCUT2D eigenvalue weighted by atomic mass is 10.1. The van der Waals surface area contributed by atoms with Gasteiger partial charge in [0.25, 0.3) is 0 Å². The van der Waals surface area contributed by atoms with E-state index in [4.69, 9.17) is 4.74 Å². The molecule has 0 spiro atoms. The third-order valence-corrected chi connectivity index (χ3v) is 2.78. The first kappa shape index (κ1) is 16.3. The summed E-state index contributed by atoms with van der Waals surface area (Å²) in [7, 11) is 0. The minimum atomic E-state index is -0.253. The van der Waals surface area contributed by atoms with Crippen LogP contribution in [0.3, 0.4) is 0 Å². The molecule has 1 amide bonds. The number of rotatable bonds is 11. The predicted molar refractivity (Wildman–Crippen MR) is 72.3 cm³/mol. The molecule has 0 saturated carbocycles. The van der Waals surface area contributed by atoms with Crippen LogP contribution < -0.4 is 5.32 Å². The molecule has 102 valence electrons. The Bertz CT molecular complexity index is 172. The zero-order valence-electron chi connectivity index (χ0n) is 11.6. The number of nitrogens with one attached hydrogen (secondary N) is 1. The van der Waals surface area contributed by atoms with Crippen LogP contribution in [0.2, 0.25) is 0 Å². The fourth-order valence-corrected chi connectivity index (χ4v) is 1.66. The third kappa shape index (κ3) is 13.2. The number of hydrogen-bond acceptors (Lipinski definition) is 2. The van der Waals surface area contributed by atoms with E-state index in [9.17, 15) is 4.79 Å². The second-order valence-electron chi connectivity index (χ2n) is 4.54. The summed E-state index contributed by atoms with van der Waals surface area (Å²) in [6, 6.07) is 0. The van der Waals surface area contributed by atoms with Gasteiger partial charge in [-0.05, 0) is 12.8 Å². The molecule has 0 fully saturated rings. The normalized spacial score (nSPS) is 10.2. The Morgan fingerprint density at radius 3 is 2.12 bits per heavy atom. The van der Waals surface area contributed by atoms with Crippen molar-refractivity contribution >= 4 is 6.09 Å². The minimum absolute atomic E-state index is 0.253. The summed E-state index contributed by atoms with van der Waals surface area (Å²) in [6.45, 7) is 5.68.